The van der Waals surface area contributed by atoms with Crippen LogP contribution in [0.25, 0.3) is 10.9 Å². The van der Waals surface area contributed by atoms with E-state index in [2.05, 4.69) is 125 Å². The maximum atomic E-state index is 13.7. The predicted octanol–water partition coefficient (Wildman–Crippen LogP) is 8.54. The van der Waals surface area contributed by atoms with Crippen molar-refractivity contribution in [3.63, 3.8) is 0 Å². The minimum atomic E-state index is -0.116. The van der Waals surface area contributed by atoms with Crippen molar-refractivity contribution in [2.75, 3.05) is 5.75 Å². The summed E-state index contributed by atoms with van der Waals surface area (Å²) < 4.78 is 3.30. The van der Waals surface area contributed by atoms with Gasteiger partial charge in [0.25, 0.3) is 5.91 Å². The molecule has 200 valence electrons. The SMILES string of the molecule is Cc1ccc(Cn2cc(SCC(=O)N3N=C(c4ccc(Br)cc4)CC3c3ccc(C)cc3)c3ccccc32)cc1. The highest BCUT2D eigenvalue weighted by molar-refractivity contribution is 9.10. The zero-order valence-electron chi connectivity index (χ0n) is 22.5. The second-order valence-corrected chi connectivity index (χ2v) is 12.3. The summed E-state index contributed by atoms with van der Waals surface area (Å²) in [5.41, 5.74) is 7.97. The van der Waals surface area contributed by atoms with Gasteiger partial charge in [0, 0.05) is 39.4 Å². The van der Waals surface area contributed by atoms with Gasteiger partial charge in [-0.1, -0.05) is 106 Å². The molecular formula is C34H30BrN3OS. The second kappa shape index (κ2) is 11.5. The number of para-hydroxylation sites is 1. The number of halogens is 1. The van der Waals surface area contributed by atoms with Gasteiger partial charge in [0.2, 0.25) is 0 Å². The molecule has 1 aliphatic rings. The van der Waals surface area contributed by atoms with E-state index in [-0.39, 0.29) is 11.9 Å². The second-order valence-electron chi connectivity index (χ2n) is 10.3. The molecule has 0 aliphatic carbocycles. The van der Waals surface area contributed by atoms with Crippen molar-refractivity contribution in [1.29, 1.82) is 0 Å². The zero-order valence-corrected chi connectivity index (χ0v) is 25.0. The van der Waals surface area contributed by atoms with Crippen molar-refractivity contribution in [1.82, 2.24) is 9.58 Å². The van der Waals surface area contributed by atoms with E-state index in [1.165, 1.54) is 27.6 Å². The third kappa shape index (κ3) is 5.65. The van der Waals surface area contributed by atoms with Gasteiger partial charge in [0.15, 0.2) is 0 Å². The van der Waals surface area contributed by atoms with Crippen molar-refractivity contribution in [2.24, 2.45) is 5.10 Å². The Hall–Kier alpha value is -3.61. The first-order valence-corrected chi connectivity index (χ1v) is 15.2. The van der Waals surface area contributed by atoms with Gasteiger partial charge in [-0.2, -0.15) is 5.10 Å². The maximum Gasteiger partial charge on any atom is 0.253 e. The van der Waals surface area contributed by atoms with Crippen molar-refractivity contribution in [3.8, 4) is 0 Å². The molecule has 1 aliphatic heterocycles. The molecule has 1 unspecified atom stereocenters. The number of fused-ring (bicyclic) bond motifs is 1. The Morgan fingerprint density at radius 1 is 0.900 bits per heavy atom. The van der Waals surface area contributed by atoms with E-state index in [0.717, 1.165) is 32.8 Å². The normalized spacial score (nSPS) is 15.0. The lowest BCUT2D eigenvalue weighted by Gasteiger charge is -2.22. The summed E-state index contributed by atoms with van der Waals surface area (Å²) in [7, 11) is 0. The molecule has 6 heteroatoms. The predicted molar refractivity (Wildman–Crippen MR) is 169 cm³/mol. The number of hydrazone groups is 1. The summed E-state index contributed by atoms with van der Waals surface area (Å²) in [6.07, 6.45) is 2.87. The van der Waals surface area contributed by atoms with Crippen LogP contribution in [-0.4, -0.2) is 26.9 Å². The highest BCUT2D eigenvalue weighted by Gasteiger charge is 2.33. The number of benzene rings is 4. The van der Waals surface area contributed by atoms with Crippen LogP contribution in [0.4, 0.5) is 0 Å². The molecule has 6 rings (SSSR count). The first-order chi connectivity index (χ1) is 19.4. The number of aromatic nitrogens is 1. The lowest BCUT2D eigenvalue weighted by Crippen LogP contribution is -2.28. The number of nitrogens with zero attached hydrogens (tertiary/aromatic N) is 3. The molecule has 0 spiro atoms. The fraction of sp³-hybridized carbons (Fsp3) is 0.176. The molecule has 1 amide bonds. The fourth-order valence-electron chi connectivity index (χ4n) is 5.16. The summed E-state index contributed by atoms with van der Waals surface area (Å²) >= 11 is 5.11. The summed E-state index contributed by atoms with van der Waals surface area (Å²) in [5, 5.41) is 7.76. The van der Waals surface area contributed by atoms with Gasteiger partial charge < -0.3 is 4.57 Å². The van der Waals surface area contributed by atoms with E-state index in [9.17, 15) is 4.79 Å². The molecule has 1 aromatic heterocycles. The van der Waals surface area contributed by atoms with E-state index in [1.807, 2.05) is 12.1 Å². The summed E-state index contributed by atoms with van der Waals surface area (Å²) in [6.45, 7) is 4.98. The summed E-state index contributed by atoms with van der Waals surface area (Å²) in [4.78, 5) is 14.9. The van der Waals surface area contributed by atoms with Crippen molar-refractivity contribution in [2.45, 2.75) is 37.8 Å². The van der Waals surface area contributed by atoms with Crippen LogP contribution in [0.1, 0.15) is 40.3 Å². The molecule has 0 saturated carbocycles. The number of hydrogen-bond acceptors (Lipinski definition) is 3. The molecule has 5 aromatic rings. The van der Waals surface area contributed by atoms with E-state index in [0.29, 0.717) is 12.2 Å². The van der Waals surface area contributed by atoms with Gasteiger partial charge in [-0.05, 0) is 48.7 Å². The number of carbonyl (C=O) groups excluding carboxylic acids is 1. The number of rotatable bonds is 7. The van der Waals surface area contributed by atoms with Gasteiger partial charge in [-0.3, -0.25) is 4.79 Å². The van der Waals surface area contributed by atoms with Crippen LogP contribution in [0, 0.1) is 13.8 Å². The van der Waals surface area contributed by atoms with Crippen LogP contribution in [0.15, 0.2) is 118 Å². The standard InChI is InChI=1S/C34H30BrN3OS/c1-23-7-11-25(12-8-23)20-37-21-33(29-5-3-4-6-31(29)37)40-22-34(39)38-32(27-13-9-24(2)10-14-27)19-30(36-38)26-15-17-28(35)18-16-26/h3-18,21,32H,19-20,22H2,1-2H3. The van der Waals surface area contributed by atoms with Crippen LogP contribution in [0.3, 0.4) is 0 Å². The molecule has 0 saturated heterocycles. The average molecular weight is 609 g/mol. The quantitative estimate of drug-likeness (QED) is 0.174. The number of hydrogen-bond donors (Lipinski definition) is 0. The molecule has 4 nitrogen and oxygen atoms in total. The van der Waals surface area contributed by atoms with E-state index >= 15 is 0 Å². The highest BCUT2D eigenvalue weighted by Crippen LogP contribution is 2.36. The van der Waals surface area contributed by atoms with E-state index in [4.69, 9.17) is 5.10 Å². The third-order valence-electron chi connectivity index (χ3n) is 7.38. The highest BCUT2D eigenvalue weighted by atomic mass is 79.9. The minimum Gasteiger partial charge on any atom is -0.342 e. The largest absolute Gasteiger partial charge is 0.342 e. The molecular weight excluding hydrogens is 578 g/mol. The van der Waals surface area contributed by atoms with Crippen LogP contribution < -0.4 is 0 Å². The lowest BCUT2D eigenvalue weighted by molar-refractivity contribution is -0.130. The molecule has 0 N–H and O–H groups in total. The van der Waals surface area contributed by atoms with Gasteiger partial charge in [-0.25, -0.2) is 5.01 Å². The average Bonchev–Trinajstić information content (AvgIpc) is 3.56. The van der Waals surface area contributed by atoms with Gasteiger partial charge in [-0.15, -0.1) is 11.8 Å². The maximum absolute atomic E-state index is 13.7. The minimum absolute atomic E-state index is 0.0121. The van der Waals surface area contributed by atoms with Crippen LogP contribution >= 0.6 is 27.7 Å². The third-order valence-corrected chi connectivity index (χ3v) is 8.94. The van der Waals surface area contributed by atoms with E-state index < -0.39 is 0 Å². The van der Waals surface area contributed by atoms with Gasteiger partial charge in [0.1, 0.15) is 0 Å². The Labute approximate surface area is 247 Å². The van der Waals surface area contributed by atoms with Crippen molar-refractivity contribution in [3.05, 3.63) is 136 Å². The molecule has 0 radical (unpaired) electrons. The zero-order chi connectivity index (χ0) is 27.6. The monoisotopic (exact) mass is 607 g/mol. The Bertz CT molecular complexity index is 1690. The number of aryl methyl sites for hydroxylation is 2. The van der Waals surface area contributed by atoms with Crippen molar-refractivity contribution < 1.29 is 4.79 Å². The number of amides is 1. The lowest BCUT2D eigenvalue weighted by atomic mass is 9.98. The summed E-state index contributed by atoms with van der Waals surface area (Å²) in [5.74, 6) is 0.330. The smallest absolute Gasteiger partial charge is 0.253 e. The molecule has 1 atom stereocenters. The van der Waals surface area contributed by atoms with Crippen LogP contribution in [-0.2, 0) is 11.3 Å². The van der Waals surface area contributed by atoms with Gasteiger partial charge >= 0.3 is 0 Å². The van der Waals surface area contributed by atoms with Crippen molar-refractivity contribution >= 4 is 50.2 Å². The fourth-order valence-corrected chi connectivity index (χ4v) is 6.37. The Balaban J connectivity index is 1.25. The Morgan fingerprint density at radius 3 is 2.30 bits per heavy atom. The topological polar surface area (TPSA) is 37.6 Å². The van der Waals surface area contributed by atoms with Gasteiger partial charge in [0.05, 0.1) is 17.5 Å². The molecule has 0 bridgehead atoms. The molecule has 40 heavy (non-hydrogen) atoms. The summed E-state index contributed by atoms with van der Waals surface area (Å²) in [6, 6.07) is 33.6. The first kappa shape index (κ1) is 26.6. The van der Waals surface area contributed by atoms with Crippen LogP contribution in [0.5, 0.6) is 0 Å². The molecule has 0 fully saturated rings. The molecule has 4 aromatic carbocycles. The Kier molecular flexibility index (Phi) is 7.63. The first-order valence-electron chi connectivity index (χ1n) is 13.4. The number of thioether (sulfide) groups is 1. The number of carbonyl (C=O) groups is 1. The Morgan fingerprint density at radius 2 is 1.57 bits per heavy atom. The molecule has 2 heterocycles. The van der Waals surface area contributed by atoms with Crippen LogP contribution in [0.2, 0.25) is 0 Å². The van der Waals surface area contributed by atoms with E-state index in [1.54, 1.807) is 16.8 Å².